The van der Waals surface area contributed by atoms with E-state index < -0.39 is 0 Å². The van der Waals surface area contributed by atoms with Crippen LogP contribution in [0, 0.1) is 0 Å². The third-order valence-corrected chi connectivity index (χ3v) is 7.45. The SMILES string of the molecule is CCC(N)CSC[C@H]1CC[N+]2=C(NC(CSC[C@H](N)CC)CC2)N1. The molecule has 0 fully saturated rings. The summed E-state index contributed by atoms with van der Waals surface area (Å²) in [5.74, 6) is 5.69. The second kappa shape index (κ2) is 10.8. The summed E-state index contributed by atoms with van der Waals surface area (Å²) in [6, 6.07) is 1.81. The number of guanidine groups is 1. The molecule has 0 aromatic heterocycles. The summed E-state index contributed by atoms with van der Waals surface area (Å²) in [6.45, 7) is 6.66. The van der Waals surface area contributed by atoms with Crippen molar-refractivity contribution in [3.05, 3.63) is 0 Å². The minimum absolute atomic E-state index is 0.339. The maximum Gasteiger partial charge on any atom is 0.346 e. The second-order valence-electron chi connectivity index (χ2n) is 7.01. The Morgan fingerprint density at radius 2 is 1.42 bits per heavy atom. The second-order valence-corrected chi connectivity index (χ2v) is 9.16. The lowest BCUT2D eigenvalue weighted by molar-refractivity contribution is -0.542. The highest BCUT2D eigenvalue weighted by molar-refractivity contribution is 7.99. The zero-order valence-electron chi connectivity index (χ0n) is 15.3. The molecule has 2 aliphatic rings. The molecule has 6 N–H and O–H groups in total. The van der Waals surface area contributed by atoms with Crippen molar-refractivity contribution in [2.24, 2.45) is 11.5 Å². The Labute approximate surface area is 156 Å². The largest absolute Gasteiger partial charge is 0.346 e. The van der Waals surface area contributed by atoms with Gasteiger partial charge >= 0.3 is 5.96 Å². The van der Waals surface area contributed by atoms with Crippen LogP contribution >= 0.6 is 23.5 Å². The average Bonchev–Trinajstić information content (AvgIpc) is 2.61. The predicted molar refractivity (Wildman–Crippen MR) is 109 cm³/mol. The highest BCUT2D eigenvalue weighted by Gasteiger charge is 2.31. The molecule has 0 saturated carbocycles. The Morgan fingerprint density at radius 3 is 1.83 bits per heavy atom. The van der Waals surface area contributed by atoms with Gasteiger partial charge in [-0.1, -0.05) is 13.8 Å². The van der Waals surface area contributed by atoms with E-state index in [1.807, 2.05) is 23.5 Å². The molecule has 2 heterocycles. The van der Waals surface area contributed by atoms with Gasteiger partial charge in [-0.05, 0) is 12.8 Å². The van der Waals surface area contributed by atoms with Crippen molar-refractivity contribution in [3.63, 3.8) is 0 Å². The Balaban J connectivity index is 1.71. The van der Waals surface area contributed by atoms with Crippen molar-refractivity contribution >= 4 is 29.5 Å². The maximum absolute atomic E-state index is 6.01. The van der Waals surface area contributed by atoms with Gasteiger partial charge in [-0.15, -0.1) is 0 Å². The van der Waals surface area contributed by atoms with Crippen molar-refractivity contribution in [1.29, 1.82) is 0 Å². The number of hydrogen-bond acceptors (Lipinski definition) is 6. The molecule has 0 aromatic carbocycles. The quantitative estimate of drug-likeness (QED) is 0.428. The molecule has 0 amide bonds. The Bertz CT molecular complexity index is 370. The molecule has 4 atom stereocenters. The van der Waals surface area contributed by atoms with E-state index in [4.69, 9.17) is 11.5 Å². The summed E-state index contributed by atoms with van der Waals surface area (Å²) in [5.41, 5.74) is 12.0. The van der Waals surface area contributed by atoms with Crippen molar-refractivity contribution in [2.45, 2.75) is 63.7 Å². The van der Waals surface area contributed by atoms with Crippen LogP contribution in [0.3, 0.4) is 0 Å². The van der Waals surface area contributed by atoms with Crippen LogP contribution in [0.25, 0.3) is 0 Å². The molecule has 0 saturated heterocycles. The monoisotopic (exact) mass is 374 g/mol. The third kappa shape index (κ3) is 6.65. The lowest BCUT2D eigenvalue weighted by Gasteiger charge is -2.31. The molecule has 0 radical (unpaired) electrons. The molecule has 0 spiro atoms. The fourth-order valence-electron chi connectivity index (χ4n) is 2.92. The zero-order valence-corrected chi connectivity index (χ0v) is 16.9. The predicted octanol–water partition coefficient (Wildman–Crippen LogP) is 1.02. The molecule has 24 heavy (non-hydrogen) atoms. The first-order chi connectivity index (χ1) is 11.6. The van der Waals surface area contributed by atoms with E-state index in [1.165, 1.54) is 31.9 Å². The van der Waals surface area contributed by atoms with Crippen molar-refractivity contribution in [2.75, 3.05) is 36.1 Å². The van der Waals surface area contributed by atoms with Gasteiger partial charge < -0.3 is 11.5 Å². The third-order valence-electron chi connectivity index (χ3n) is 4.84. The normalized spacial score (nSPS) is 26.3. The highest BCUT2D eigenvalue weighted by Crippen LogP contribution is 2.15. The number of thioether (sulfide) groups is 2. The molecular weight excluding hydrogens is 338 g/mol. The highest BCUT2D eigenvalue weighted by atomic mass is 32.2. The van der Waals surface area contributed by atoms with Crippen LogP contribution in [0.15, 0.2) is 0 Å². The summed E-state index contributed by atoms with van der Waals surface area (Å²) in [5, 5.41) is 7.45. The zero-order chi connectivity index (χ0) is 17.4. The summed E-state index contributed by atoms with van der Waals surface area (Å²) < 4.78 is 2.47. The van der Waals surface area contributed by atoms with Gasteiger partial charge in [0.25, 0.3) is 0 Å². The van der Waals surface area contributed by atoms with Crippen LogP contribution < -0.4 is 22.1 Å². The Kier molecular flexibility index (Phi) is 9.08. The Morgan fingerprint density at radius 1 is 0.958 bits per heavy atom. The topological polar surface area (TPSA) is 79.1 Å². The number of hydrogen-bond donors (Lipinski definition) is 4. The summed E-state index contributed by atoms with van der Waals surface area (Å²) in [4.78, 5) is 0. The lowest BCUT2D eigenvalue weighted by Crippen LogP contribution is -2.60. The molecule has 2 rings (SSSR count). The molecule has 0 aliphatic carbocycles. The molecule has 2 unspecified atom stereocenters. The van der Waals surface area contributed by atoms with E-state index in [0.717, 1.165) is 35.9 Å². The van der Waals surface area contributed by atoms with Crippen molar-refractivity contribution in [3.8, 4) is 0 Å². The molecular formula is C17H36N5S2+. The van der Waals surface area contributed by atoms with Crippen LogP contribution in [0.2, 0.25) is 0 Å². The minimum atomic E-state index is 0.339. The van der Waals surface area contributed by atoms with Gasteiger partial charge in [0.05, 0.1) is 25.2 Å². The minimum Gasteiger partial charge on any atom is -0.327 e. The van der Waals surface area contributed by atoms with E-state index >= 15 is 0 Å². The first kappa shape index (κ1) is 20.2. The number of nitrogens with zero attached hydrogens (tertiary/aromatic N) is 1. The molecule has 2 aliphatic heterocycles. The maximum atomic E-state index is 6.01. The van der Waals surface area contributed by atoms with E-state index in [1.54, 1.807) is 0 Å². The molecule has 5 nitrogen and oxygen atoms in total. The van der Waals surface area contributed by atoms with Crippen LogP contribution in [-0.2, 0) is 0 Å². The number of nitrogens with two attached hydrogens (primary N) is 2. The van der Waals surface area contributed by atoms with Crippen LogP contribution in [0.1, 0.15) is 39.5 Å². The Hall–Kier alpha value is -0.110. The lowest BCUT2D eigenvalue weighted by atomic mass is 10.1. The molecule has 0 bridgehead atoms. The average molecular weight is 375 g/mol. The van der Waals surface area contributed by atoms with Gasteiger partial charge in [-0.25, -0.2) is 0 Å². The first-order valence-corrected chi connectivity index (χ1v) is 11.7. The molecule has 0 aromatic rings. The summed E-state index contributed by atoms with van der Waals surface area (Å²) >= 11 is 3.97. The first-order valence-electron chi connectivity index (χ1n) is 9.43. The van der Waals surface area contributed by atoms with E-state index in [-0.39, 0.29) is 0 Å². The van der Waals surface area contributed by atoms with Gasteiger partial charge in [0.2, 0.25) is 0 Å². The van der Waals surface area contributed by atoms with E-state index in [9.17, 15) is 0 Å². The number of rotatable bonds is 10. The van der Waals surface area contributed by atoms with Gasteiger partial charge in [-0.3, -0.25) is 15.2 Å². The van der Waals surface area contributed by atoms with Gasteiger partial charge in [-0.2, -0.15) is 23.5 Å². The van der Waals surface area contributed by atoms with Crippen molar-refractivity contribution in [1.82, 2.24) is 10.6 Å². The van der Waals surface area contributed by atoms with Gasteiger partial charge in [0.15, 0.2) is 0 Å². The number of nitrogens with one attached hydrogen (secondary N) is 2. The summed E-state index contributed by atoms with van der Waals surface area (Å²) in [7, 11) is 0. The summed E-state index contributed by atoms with van der Waals surface area (Å²) in [6.07, 6.45) is 4.59. The van der Waals surface area contributed by atoms with Gasteiger partial charge in [0.1, 0.15) is 0 Å². The molecule has 7 heteroatoms. The van der Waals surface area contributed by atoms with Crippen molar-refractivity contribution < 1.29 is 4.58 Å². The van der Waals surface area contributed by atoms with Crippen LogP contribution in [0.5, 0.6) is 0 Å². The fraction of sp³-hybridized carbons (Fsp3) is 0.941. The van der Waals surface area contributed by atoms with E-state index in [2.05, 4.69) is 29.1 Å². The van der Waals surface area contributed by atoms with Crippen LogP contribution in [0.4, 0.5) is 0 Å². The van der Waals surface area contributed by atoms with Crippen LogP contribution in [-0.4, -0.2) is 70.8 Å². The van der Waals surface area contributed by atoms with E-state index in [0.29, 0.717) is 24.2 Å². The standard InChI is InChI=1S/C17H35N5S2/c1-3-13(18)9-23-11-15-5-7-22-8-6-16(21-17(22)20-15)12-24-10-14(19)4-2/h13-16H,3-12,18-19H2,1-2H3,(H,20,21)/p+1/t13-,14?,15?,16-/m1/s1. The smallest absolute Gasteiger partial charge is 0.327 e. The molecule has 140 valence electrons. The van der Waals surface area contributed by atoms with Gasteiger partial charge in [0, 0.05) is 47.9 Å². The fourth-order valence-corrected chi connectivity index (χ4v) is 5.34.